The van der Waals surface area contributed by atoms with Crippen molar-refractivity contribution in [1.82, 2.24) is 35.0 Å². The Morgan fingerprint density at radius 3 is 2.69 bits per heavy atom. The molecule has 178 valence electrons. The molecule has 8 heteroatoms. The van der Waals surface area contributed by atoms with Gasteiger partial charge in [0.15, 0.2) is 5.65 Å². The van der Waals surface area contributed by atoms with Crippen molar-refractivity contribution in [3.63, 3.8) is 0 Å². The molecule has 0 radical (unpaired) electrons. The highest BCUT2D eigenvalue weighted by molar-refractivity contribution is 7.13. The van der Waals surface area contributed by atoms with Gasteiger partial charge < -0.3 is 4.98 Å². The summed E-state index contributed by atoms with van der Waals surface area (Å²) in [7, 11) is 0. The van der Waals surface area contributed by atoms with Gasteiger partial charge in [0, 0.05) is 63.7 Å². The third-order valence-electron chi connectivity index (χ3n) is 6.97. The quantitative estimate of drug-likeness (QED) is 0.296. The van der Waals surface area contributed by atoms with Crippen LogP contribution in [0.1, 0.15) is 24.8 Å². The molecule has 0 spiro atoms. The molecule has 0 atom stereocenters. The number of H-pyrrole nitrogens is 2. The Kier molecular flexibility index (Phi) is 5.33. The number of nitrogens with one attached hydrogen (secondary N) is 2. The summed E-state index contributed by atoms with van der Waals surface area (Å²) in [6.07, 6.45) is 11.6. The zero-order valence-electron chi connectivity index (χ0n) is 19.7. The Balaban J connectivity index is 1.26. The molecule has 1 aliphatic rings. The molecule has 1 aliphatic heterocycles. The lowest BCUT2D eigenvalue weighted by Crippen LogP contribution is -2.29. The second-order valence-electron chi connectivity index (χ2n) is 9.39. The lowest BCUT2D eigenvalue weighted by atomic mass is 10.0. The van der Waals surface area contributed by atoms with Gasteiger partial charge in [0.2, 0.25) is 0 Å². The first-order valence-electron chi connectivity index (χ1n) is 12.3. The summed E-state index contributed by atoms with van der Waals surface area (Å²) in [5.41, 5.74) is 7.89. The normalized spacial score (nSPS) is 14.7. The number of likely N-dealkylation sites (tertiary alicyclic amines) is 1. The lowest BCUT2D eigenvalue weighted by Gasteiger charge is -2.26. The summed E-state index contributed by atoms with van der Waals surface area (Å²) in [6, 6.07) is 12.8. The Bertz CT molecular complexity index is 1660. The number of rotatable bonds is 5. The Labute approximate surface area is 212 Å². The van der Waals surface area contributed by atoms with Crippen LogP contribution in [-0.2, 0) is 6.54 Å². The van der Waals surface area contributed by atoms with Crippen LogP contribution in [0.15, 0.2) is 66.6 Å². The number of aromatic amines is 2. The van der Waals surface area contributed by atoms with E-state index in [4.69, 9.17) is 0 Å². The Morgan fingerprint density at radius 1 is 0.889 bits per heavy atom. The average Bonchev–Trinajstić information content (AvgIpc) is 3.68. The first kappa shape index (κ1) is 21.4. The summed E-state index contributed by atoms with van der Waals surface area (Å²) in [6.45, 7) is 3.29. The minimum atomic E-state index is 0.760. The van der Waals surface area contributed by atoms with E-state index in [1.54, 1.807) is 11.3 Å². The fraction of sp³-hybridized carbons (Fsp3) is 0.214. The molecule has 7 rings (SSSR count). The van der Waals surface area contributed by atoms with E-state index in [2.05, 4.69) is 76.8 Å². The molecule has 6 aromatic heterocycles. The Hall–Kier alpha value is -3.88. The van der Waals surface area contributed by atoms with Gasteiger partial charge in [0.1, 0.15) is 11.3 Å². The van der Waals surface area contributed by atoms with Crippen LogP contribution in [-0.4, -0.2) is 48.1 Å². The topological polar surface area (TPSA) is 86.4 Å². The zero-order chi connectivity index (χ0) is 23.9. The fourth-order valence-electron chi connectivity index (χ4n) is 5.18. The number of thiophene rings is 1. The predicted octanol–water partition coefficient (Wildman–Crippen LogP) is 6.28. The van der Waals surface area contributed by atoms with Crippen LogP contribution in [0.25, 0.3) is 55.0 Å². The van der Waals surface area contributed by atoms with E-state index in [1.165, 1.54) is 48.4 Å². The number of nitrogens with zero attached hydrogens (tertiary/aromatic N) is 5. The molecule has 7 nitrogen and oxygen atoms in total. The van der Waals surface area contributed by atoms with Gasteiger partial charge in [-0.05, 0) is 67.2 Å². The van der Waals surface area contributed by atoms with E-state index < -0.39 is 0 Å². The number of pyridine rings is 3. The van der Waals surface area contributed by atoms with Crippen molar-refractivity contribution in [2.24, 2.45) is 0 Å². The maximum Gasteiger partial charge on any atom is 0.155 e. The molecular weight excluding hydrogens is 466 g/mol. The molecule has 0 aliphatic carbocycles. The Morgan fingerprint density at radius 2 is 1.81 bits per heavy atom. The number of hydrogen-bond donors (Lipinski definition) is 2. The standard InChI is InChI=1S/C28H25N7S/c1-2-8-35(9-3-1)17-18-11-19(15-29-14-18)20-12-23-26(33-34-28(23)31-16-20)24-13-22-21(25-5-4-10-36-25)6-7-30-27(22)32-24/h4-7,10-16H,1-3,8-9,17H2,(H,30,32)(H,31,33,34). The van der Waals surface area contributed by atoms with E-state index >= 15 is 0 Å². The van der Waals surface area contributed by atoms with Gasteiger partial charge in [-0.15, -0.1) is 11.3 Å². The molecule has 36 heavy (non-hydrogen) atoms. The molecular formula is C28H25N7S. The molecule has 2 N–H and O–H groups in total. The second-order valence-corrected chi connectivity index (χ2v) is 10.3. The number of fused-ring (bicyclic) bond motifs is 2. The number of hydrogen-bond acceptors (Lipinski definition) is 6. The van der Waals surface area contributed by atoms with Crippen molar-refractivity contribution in [3.8, 4) is 33.0 Å². The van der Waals surface area contributed by atoms with Crippen LogP contribution >= 0.6 is 11.3 Å². The zero-order valence-corrected chi connectivity index (χ0v) is 20.6. The third-order valence-corrected chi connectivity index (χ3v) is 7.88. The van der Waals surface area contributed by atoms with Crippen molar-refractivity contribution in [2.45, 2.75) is 25.8 Å². The van der Waals surface area contributed by atoms with E-state index in [1.807, 2.05) is 24.8 Å². The predicted molar refractivity (Wildman–Crippen MR) is 145 cm³/mol. The van der Waals surface area contributed by atoms with Gasteiger partial charge >= 0.3 is 0 Å². The van der Waals surface area contributed by atoms with Crippen LogP contribution in [0.2, 0.25) is 0 Å². The minimum Gasteiger partial charge on any atom is -0.338 e. The second kappa shape index (κ2) is 8.96. The van der Waals surface area contributed by atoms with Gasteiger partial charge in [-0.3, -0.25) is 15.0 Å². The summed E-state index contributed by atoms with van der Waals surface area (Å²) >= 11 is 1.73. The molecule has 0 bridgehead atoms. The monoisotopic (exact) mass is 491 g/mol. The largest absolute Gasteiger partial charge is 0.338 e. The molecule has 1 saturated heterocycles. The van der Waals surface area contributed by atoms with Crippen molar-refractivity contribution < 1.29 is 0 Å². The maximum absolute atomic E-state index is 4.68. The van der Waals surface area contributed by atoms with Gasteiger partial charge in [0.25, 0.3) is 0 Å². The van der Waals surface area contributed by atoms with Gasteiger partial charge in [-0.1, -0.05) is 12.5 Å². The van der Waals surface area contributed by atoms with Gasteiger partial charge in [-0.25, -0.2) is 9.97 Å². The van der Waals surface area contributed by atoms with Crippen LogP contribution in [0.4, 0.5) is 0 Å². The number of aromatic nitrogens is 6. The summed E-state index contributed by atoms with van der Waals surface area (Å²) < 4.78 is 0. The number of piperidine rings is 1. The van der Waals surface area contributed by atoms with Crippen LogP contribution in [0.3, 0.4) is 0 Å². The summed E-state index contributed by atoms with van der Waals surface area (Å²) in [4.78, 5) is 21.0. The molecule has 6 aromatic rings. The maximum atomic E-state index is 4.68. The first-order chi connectivity index (χ1) is 17.8. The van der Waals surface area contributed by atoms with Crippen LogP contribution < -0.4 is 0 Å². The molecule has 1 fully saturated rings. The van der Waals surface area contributed by atoms with Gasteiger partial charge in [-0.2, -0.15) is 5.10 Å². The molecule has 0 aromatic carbocycles. The summed E-state index contributed by atoms with van der Waals surface area (Å²) in [5, 5.41) is 11.9. The highest BCUT2D eigenvalue weighted by Crippen LogP contribution is 2.35. The van der Waals surface area contributed by atoms with Crippen molar-refractivity contribution in [1.29, 1.82) is 0 Å². The molecule has 7 heterocycles. The smallest absolute Gasteiger partial charge is 0.155 e. The SMILES string of the molecule is c1csc(-c2ccnc3[nH]c(-c4n[nH]c5ncc(-c6cncc(CN7CCCCC7)c6)cc45)cc23)c1. The third kappa shape index (κ3) is 3.88. The van der Waals surface area contributed by atoms with E-state index in [-0.39, 0.29) is 0 Å². The van der Waals surface area contributed by atoms with Crippen molar-refractivity contribution >= 4 is 33.4 Å². The van der Waals surface area contributed by atoms with E-state index in [0.29, 0.717) is 0 Å². The first-order valence-corrected chi connectivity index (χ1v) is 13.2. The van der Waals surface area contributed by atoms with Crippen molar-refractivity contribution in [2.75, 3.05) is 13.1 Å². The molecule has 0 amide bonds. The average molecular weight is 492 g/mol. The minimum absolute atomic E-state index is 0.760. The van der Waals surface area contributed by atoms with E-state index in [9.17, 15) is 0 Å². The summed E-state index contributed by atoms with van der Waals surface area (Å²) in [5.74, 6) is 0. The van der Waals surface area contributed by atoms with Gasteiger partial charge in [0.05, 0.1) is 5.69 Å². The van der Waals surface area contributed by atoms with Crippen LogP contribution in [0.5, 0.6) is 0 Å². The molecule has 0 unspecified atom stereocenters. The highest BCUT2D eigenvalue weighted by Gasteiger charge is 2.16. The fourth-order valence-corrected chi connectivity index (χ4v) is 5.94. The molecule has 0 saturated carbocycles. The van der Waals surface area contributed by atoms with Crippen LogP contribution in [0, 0.1) is 0 Å². The highest BCUT2D eigenvalue weighted by atomic mass is 32.1. The van der Waals surface area contributed by atoms with E-state index in [0.717, 1.165) is 51.1 Å². The lowest BCUT2D eigenvalue weighted by molar-refractivity contribution is 0.220. The van der Waals surface area contributed by atoms with Crippen molar-refractivity contribution in [3.05, 3.63) is 72.1 Å².